The van der Waals surface area contributed by atoms with E-state index in [1.165, 1.54) is 9.59 Å². The van der Waals surface area contributed by atoms with E-state index in [1.54, 1.807) is 14.1 Å². The highest BCUT2D eigenvalue weighted by Gasteiger charge is 2.09. The van der Waals surface area contributed by atoms with Crippen LogP contribution >= 0.6 is 0 Å². The van der Waals surface area contributed by atoms with E-state index in [9.17, 15) is 0 Å². The van der Waals surface area contributed by atoms with Crippen LogP contribution in [-0.2, 0) is 14.1 Å². The summed E-state index contributed by atoms with van der Waals surface area (Å²) in [5, 5.41) is 22.5. The molecule has 2 aromatic rings. The molecule has 0 aliphatic carbocycles. The zero-order valence-electron chi connectivity index (χ0n) is 6.58. The highest BCUT2D eigenvalue weighted by molar-refractivity contribution is 5.37. The van der Waals surface area contributed by atoms with Gasteiger partial charge in [0.1, 0.15) is 0 Å². The van der Waals surface area contributed by atoms with Crippen molar-refractivity contribution >= 4 is 0 Å². The van der Waals surface area contributed by atoms with Gasteiger partial charge in [0.15, 0.2) is 0 Å². The van der Waals surface area contributed by atoms with Crippen molar-refractivity contribution in [3.05, 3.63) is 0 Å². The molecule has 2 aromatic heterocycles. The van der Waals surface area contributed by atoms with Gasteiger partial charge in [0.2, 0.25) is 11.6 Å². The lowest BCUT2D eigenvalue weighted by Crippen LogP contribution is -1.93. The summed E-state index contributed by atoms with van der Waals surface area (Å²) in [5.41, 5.74) is 0. The molecular formula is C4H6N8. The Morgan fingerprint density at radius 3 is 1.50 bits per heavy atom. The van der Waals surface area contributed by atoms with Crippen LogP contribution in [-0.4, -0.2) is 40.4 Å². The van der Waals surface area contributed by atoms with E-state index in [4.69, 9.17) is 0 Å². The largest absolute Gasteiger partial charge is 0.245 e. The number of aromatic nitrogens is 8. The second-order valence-corrected chi connectivity index (χ2v) is 2.20. The van der Waals surface area contributed by atoms with Crippen LogP contribution < -0.4 is 0 Å². The maximum absolute atomic E-state index is 3.91. The minimum Gasteiger partial charge on any atom is -0.167 e. The van der Waals surface area contributed by atoms with Crippen molar-refractivity contribution in [2.45, 2.75) is 0 Å². The molecule has 2 heterocycles. The molecule has 8 heteroatoms. The summed E-state index contributed by atoms with van der Waals surface area (Å²) in [5.74, 6) is 0.760. The third-order valence-electron chi connectivity index (χ3n) is 1.22. The molecule has 0 N–H and O–H groups in total. The molecule has 0 aliphatic rings. The molecule has 12 heavy (non-hydrogen) atoms. The molecule has 0 aliphatic heterocycles. The van der Waals surface area contributed by atoms with Crippen molar-refractivity contribution in [3.8, 4) is 11.6 Å². The van der Waals surface area contributed by atoms with Crippen LogP contribution in [0.4, 0.5) is 0 Å². The summed E-state index contributed by atoms with van der Waals surface area (Å²) < 4.78 is 0. The van der Waals surface area contributed by atoms with Crippen LogP contribution in [0.3, 0.4) is 0 Å². The highest BCUT2D eigenvalue weighted by atomic mass is 15.6. The summed E-state index contributed by atoms with van der Waals surface area (Å²) >= 11 is 0. The SMILES string of the molecule is Cn1nnc(-c2nnn(C)n2)n1. The van der Waals surface area contributed by atoms with Gasteiger partial charge in [0.25, 0.3) is 0 Å². The van der Waals surface area contributed by atoms with E-state index in [-0.39, 0.29) is 0 Å². The predicted octanol–water partition coefficient (Wildman–Crippen LogP) is -1.60. The van der Waals surface area contributed by atoms with Gasteiger partial charge in [-0.05, 0) is 10.4 Å². The first-order valence-corrected chi connectivity index (χ1v) is 3.24. The van der Waals surface area contributed by atoms with Gasteiger partial charge in [-0.15, -0.1) is 20.4 Å². The van der Waals surface area contributed by atoms with Crippen molar-refractivity contribution < 1.29 is 0 Å². The standard InChI is InChI=1S/C4H6N8/c1-11-7-3(5-9-11)4-6-10-12(2)8-4/h1-2H3. The van der Waals surface area contributed by atoms with Gasteiger partial charge >= 0.3 is 0 Å². The first-order valence-electron chi connectivity index (χ1n) is 3.24. The second-order valence-electron chi connectivity index (χ2n) is 2.20. The van der Waals surface area contributed by atoms with E-state index >= 15 is 0 Å². The lowest BCUT2D eigenvalue weighted by atomic mass is 10.6. The minimum atomic E-state index is 0.380. The summed E-state index contributed by atoms with van der Waals surface area (Å²) in [7, 11) is 3.35. The van der Waals surface area contributed by atoms with Crippen LogP contribution in [0.15, 0.2) is 0 Å². The molecule has 0 aromatic carbocycles. The molecular weight excluding hydrogens is 160 g/mol. The van der Waals surface area contributed by atoms with Crippen molar-refractivity contribution in [1.29, 1.82) is 0 Å². The quantitative estimate of drug-likeness (QED) is 0.507. The fraction of sp³-hybridized carbons (Fsp3) is 0.500. The molecule has 0 spiro atoms. The molecule has 0 unspecified atom stereocenters. The highest BCUT2D eigenvalue weighted by Crippen LogP contribution is 2.01. The maximum atomic E-state index is 3.91. The average Bonchev–Trinajstić information content (AvgIpc) is 2.58. The van der Waals surface area contributed by atoms with Crippen LogP contribution in [0.25, 0.3) is 11.6 Å². The lowest BCUT2D eigenvalue weighted by Gasteiger charge is -1.80. The van der Waals surface area contributed by atoms with Crippen molar-refractivity contribution in [2.75, 3.05) is 0 Å². The first kappa shape index (κ1) is 6.83. The third kappa shape index (κ3) is 1.02. The van der Waals surface area contributed by atoms with Gasteiger partial charge < -0.3 is 0 Å². The Bertz CT molecular complexity index is 347. The lowest BCUT2D eigenvalue weighted by molar-refractivity contribution is 0.628. The third-order valence-corrected chi connectivity index (χ3v) is 1.22. The van der Waals surface area contributed by atoms with Crippen LogP contribution in [0.5, 0.6) is 0 Å². The molecule has 2 rings (SSSR count). The molecule has 62 valence electrons. The predicted molar refractivity (Wildman–Crippen MR) is 36.6 cm³/mol. The van der Waals surface area contributed by atoms with Crippen molar-refractivity contribution in [2.24, 2.45) is 14.1 Å². The molecule has 0 fully saturated rings. The van der Waals surface area contributed by atoms with E-state index in [1.807, 2.05) is 0 Å². The zero-order valence-corrected chi connectivity index (χ0v) is 6.58. The Morgan fingerprint density at radius 2 is 1.25 bits per heavy atom. The molecule has 8 nitrogen and oxygen atoms in total. The number of rotatable bonds is 1. The fourth-order valence-electron chi connectivity index (χ4n) is 0.747. The van der Waals surface area contributed by atoms with E-state index < -0.39 is 0 Å². The Morgan fingerprint density at radius 1 is 0.833 bits per heavy atom. The van der Waals surface area contributed by atoms with Gasteiger partial charge in [-0.25, -0.2) is 0 Å². The van der Waals surface area contributed by atoms with Crippen molar-refractivity contribution in [3.63, 3.8) is 0 Å². The van der Waals surface area contributed by atoms with Gasteiger partial charge in [-0.1, -0.05) is 0 Å². The average molecular weight is 166 g/mol. The summed E-state index contributed by atoms with van der Waals surface area (Å²) in [6.07, 6.45) is 0. The molecule has 0 radical (unpaired) electrons. The van der Waals surface area contributed by atoms with Crippen LogP contribution in [0.1, 0.15) is 0 Å². The Kier molecular flexibility index (Phi) is 1.32. The summed E-state index contributed by atoms with van der Waals surface area (Å²) in [6, 6.07) is 0. The van der Waals surface area contributed by atoms with Crippen LogP contribution in [0.2, 0.25) is 0 Å². The fourth-order valence-corrected chi connectivity index (χ4v) is 0.747. The second kappa shape index (κ2) is 2.32. The Labute approximate surface area is 67.2 Å². The van der Waals surface area contributed by atoms with Crippen molar-refractivity contribution in [1.82, 2.24) is 40.4 Å². The van der Waals surface area contributed by atoms with Gasteiger partial charge in [-0.3, -0.25) is 0 Å². The summed E-state index contributed by atoms with van der Waals surface area (Å²) in [6.45, 7) is 0. The normalized spacial score (nSPS) is 10.5. The molecule has 0 atom stereocenters. The number of nitrogens with zero attached hydrogens (tertiary/aromatic N) is 8. The molecule has 0 amide bonds. The van der Waals surface area contributed by atoms with E-state index in [0.717, 1.165) is 0 Å². The van der Waals surface area contributed by atoms with Crippen LogP contribution in [0, 0.1) is 0 Å². The smallest absolute Gasteiger partial charge is 0.167 e. The Hall–Kier alpha value is -1.86. The molecule has 0 saturated carbocycles. The number of hydrogen-bond acceptors (Lipinski definition) is 6. The maximum Gasteiger partial charge on any atom is 0.245 e. The van der Waals surface area contributed by atoms with Gasteiger partial charge in [0, 0.05) is 0 Å². The Balaban J connectivity index is 2.43. The first-order chi connectivity index (χ1) is 5.75. The topological polar surface area (TPSA) is 87.2 Å². The van der Waals surface area contributed by atoms with E-state index in [0.29, 0.717) is 11.6 Å². The van der Waals surface area contributed by atoms with Gasteiger partial charge in [0.05, 0.1) is 14.1 Å². The minimum absolute atomic E-state index is 0.380. The van der Waals surface area contributed by atoms with E-state index in [2.05, 4.69) is 30.8 Å². The number of hydrogen-bond donors (Lipinski definition) is 0. The molecule has 0 saturated heterocycles. The zero-order chi connectivity index (χ0) is 8.55. The monoisotopic (exact) mass is 166 g/mol. The number of tetrazole rings is 2. The number of aryl methyl sites for hydroxylation is 2. The van der Waals surface area contributed by atoms with Gasteiger partial charge in [-0.2, -0.15) is 9.59 Å². The summed E-state index contributed by atoms with van der Waals surface area (Å²) in [4.78, 5) is 2.68. The molecule has 0 bridgehead atoms.